The second-order valence-electron chi connectivity index (χ2n) is 5.22. The van der Waals surface area contributed by atoms with E-state index in [0.29, 0.717) is 35.1 Å². The first-order valence-electron chi connectivity index (χ1n) is 7.95. The van der Waals surface area contributed by atoms with Crippen LogP contribution in [0.2, 0.25) is 0 Å². The fourth-order valence-electron chi connectivity index (χ4n) is 2.31. The molecule has 6 heteroatoms. The smallest absolute Gasteiger partial charge is 0.265 e. The summed E-state index contributed by atoms with van der Waals surface area (Å²) in [7, 11) is 4.67. The maximum atomic E-state index is 12.6. The van der Waals surface area contributed by atoms with Crippen molar-refractivity contribution in [2.45, 2.75) is 19.4 Å². The Bertz CT molecular complexity index is 717. The first-order valence-corrected chi connectivity index (χ1v) is 7.95. The Hall–Kier alpha value is -2.89. The summed E-state index contributed by atoms with van der Waals surface area (Å²) in [6, 6.07) is 12.4. The molecule has 0 aliphatic carbocycles. The van der Waals surface area contributed by atoms with Gasteiger partial charge in [-0.3, -0.25) is 4.79 Å². The van der Waals surface area contributed by atoms with Crippen LogP contribution in [0.3, 0.4) is 0 Å². The molecule has 2 aromatic carbocycles. The van der Waals surface area contributed by atoms with Crippen molar-refractivity contribution in [1.82, 2.24) is 0 Å². The van der Waals surface area contributed by atoms with Gasteiger partial charge in [-0.15, -0.1) is 0 Å². The Balaban J connectivity index is 2.15. The molecule has 0 unspecified atom stereocenters. The second kappa shape index (κ2) is 8.82. The highest BCUT2D eigenvalue weighted by atomic mass is 16.5. The number of rotatable bonds is 8. The monoisotopic (exact) mass is 345 g/mol. The average molecular weight is 345 g/mol. The Kier molecular flexibility index (Phi) is 6.51. The van der Waals surface area contributed by atoms with Gasteiger partial charge in [0.25, 0.3) is 5.91 Å². The number of carbonyl (C=O) groups excluding carboxylic acids is 1. The van der Waals surface area contributed by atoms with Gasteiger partial charge in [0.2, 0.25) is 0 Å². The van der Waals surface area contributed by atoms with Crippen LogP contribution in [-0.4, -0.2) is 33.3 Å². The van der Waals surface area contributed by atoms with Gasteiger partial charge in [0, 0.05) is 6.07 Å². The minimum absolute atomic E-state index is 0.267. The third-order valence-corrected chi connectivity index (χ3v) is 3.67. The summed E-state index contributed by atoms with van der Waals surface area (Å²) in [4.78, 5) is 12.6. The minimum atomic E-state index is -0.664. The summed E-state index contributed by atoms with van der Waals surface area (Å²) in [5.74, 6) is 1.99. The molecule has 25 heavy (non-hydrogen) atoms. The van der Waals surface area contributed by atoms with E-state index in [0.717, 1.165) is 0 Å². The topological polar surface area (TPSA) is 66.0 Å². The lowest BCUT2D eigenvalue weighted by molar-refractivity contribution is -0.122. The molecule has 0 aliphatic heterocycles. The summed E-state index contributed by atoms with van der Waals surface area (Å²) >= 11 is 0. The van der Waals surface area contributed by atoms with Gasteiger partial charge in [0.1, 0.15) is 11.5 Å². The molecular weight excluding hydrogens is 322 g/mol. The average Bonchev–Trinajstić information content (AvgIpc) is 2.66. The Morgan fingerprint density at radius 2 is 1.64 bits per heavy atom. The molecule has 6 nitrogen and oxygen atoms in total. The van der Waals surface area contributed by atoms with Crippen molar-refractivity contribution in [1.29, 1.82) is 0 Å². The van der Waals surface area contributed by atoms with Crippen LogP contribution in [0.4, 0.5) is 5.69 Å². The van der Waals surface area contributed by atoms with E-state index >= 15 is 0 Å². The van der Waals surface area contributed by atoms with Crippen LogP contribution in [0.5, 0.6) is 23.0 Å². The van der Waals surface area contributed by atoms with Crippen molar-refractivity contribution in [2.24, 2.45) is 0 Å². The Morgan fingerprint density at radius 1 is 0.960 bits per heavy atom. The maximum Gasteiger partial charge on any atom is 0.265 e. The molecule has 2 rings (SSSR count). The third kappa shape index (κ3) is 4.56. The van der Waals surface area contributed by atoms with Crippen LogP contribution in [0.1, 0.15) is 13.3 Å². The standard InChI is InChI=1S/C19H23NO5/c1-5-15(25-17-9-7-6-8-16(17)23-3)19(21)20-14-11-10-13(22-2)12-18(14)24-4/h6-12,15H,5H2,1-4H3,(H,20,21)/t15-/m1/s1. The molecule has 134 valence electrons. The summed E-state index contributed by atoms with van der Waals surface area (Å²) in [6.45, 7) is 1.88. The van der Waals surface area contributed by atoms with E-state index < -0.39 is 6.10 Å². The van der Waals surface area contributed by atoms with Gasteiger partial charge < -0.3 is 24.3 Å². The second-order valence-corrected chi connectivity index (χ2v) is 5.22. The molecule has 2 aromatic rings. The van der Waals surface area contributed by atoms with Crippen LogP contribution in [-0.2, 0) is 4.79 Å². The van der Waals surface area contributed by atoms with E-state index in [-0.39, 0.29) is 5.91 Å². The van der Waals surface area contributed by atoms with Crippen molar-refractivity contribution in [2.75, 3.05) is 26.6 Å². The SMILES string of the molecule is CC[C@@H](Oc1ccccc1OC)C(=O)Nc1ccc(OC)cc1OC. The number of hydrogen-bond acceptors (Lipinski definition) is 5. The van der Waals surface area contributed by atoms with Gasteiger partial charge >= 0.3 is 0 Å². The van der Waals surface area contributed by atoms with Crippen molar-refractivity contribution < 1.29 is 23.7 Å². The molecule has 1 atom stereocenters. The lowest BCUT2D eigenvalue weighted by Gasteiger charge is -2.19. The van der Waals surface area contributed by atoms with Gasteiger partial charge in [-0.05, 0) is 30.7 Å². The van der Waals surface area contributed by atoms with E-state index in [9.17, 15) is 4.79 Å². The van der Waals surface area contributed by atoms with Crippen molar-refractivity contribution in [3.8, 4) is 23.0 Å². The highest BCUT2D eigenvalue weighted by Gasteiger charge is 2.21. The lowest BCUT2D eigenvalue weighted by Crippen LogP contribution is -2.32. The van der Waals surface area contributed by atoms with Gasteiger partial charge in [-0.25, -0.2) is 0 Å². The fourth-order valence-corrected chi connectivity index (χ4v) is 2.31. The molecular formula is C19H23NO5. The molecule has 0 saturated carbocycles. The number of methoxy groups -OCH3 is 3. The van der Waals surface area contributed by atoms with Crippen molar-refractivity contribution in [3.63, 3.8) is 0 Å². The fraction of sp³-hybridized carbons (Fsp3) is 0.316. The summed E-state index contributed by atoms with van der Waals surface area (Å²) < 4.78 is 21.6. The van der Waals surface area contributed by atoms with E-state index in [4.69, 9.17) is 18.9 Å². The highest BCUT2D eigenvalue weighted by molar-refractivity contribution is 5.95. The van der Waals surface area contributed by atoms with E-state index in [1.54, 1.807) is 44.6 Å². The van der Waals surface area contributed by atoms with E-state index in [1.165, 1.54) is 7.11 Å². The molecule has 0 radical (unpaired) electrons. The Morgan fingerprint density at radius 3 is 2.24 bits per heavy atom. The quantitative estimate of drug-likeness (QED) is 0.793. The Labute approximate surface area is 147 Å². The van der Waals surface area contributed by atoms with Crippen LogP contribution < -0.4 is 24.3 Å². The first-order chi connectivity index (χ1) is 12.1. The highest BCUT2D eigenvalue weighted by Crippen LogP contribution is 2.30. The van der Waals surface area contributed by atoms with Gasteiger partial charge in [0.05, 0.1) is 27.0 Å². The van der Waals surface area contributed by atoms with Crippen LogP contribution >= 0.6 is 0 Å². The number of ether oxygens (including phenoxy) is 4. The zero-order valence-electron chi connectivity index (χ0n) is 14.9. The molecule has 0 bridgehead atoms. The summed E-state index contributed by atoms with van der Waals surface area (Å²) in [6.07, 6.45) is -0.161. The normalized spacial score (nSPS) is 11.4. The van der Waals surface area contributed by atoms with Gasteiger partial charge in [-0.2, -0.15) is 0 Å². The third-order valence-electron chi connectivity index (χ3n) is 3.67. The van der Waals surface area contributed by atoms with E-state index in [1.807, 2.05) is 19.1 Å². The molecule has 0 fully saturated rings. The molecule has 0 heterocycles. The number of hydrogen-bond donors (Lipinski definition) is 1. The van der Waals surface area contributed by atoms with Crippen LogP contribution in [0.15, 0.2) is 42.5 Å². The maximum absolute atomic E-state index is 12.6. The summed E-state index contributed by atoms with van der Waals surface area (Å²) in [5, 5.41) is 2.84. The minimum Gasteiger partial charge on any atom is -0.497 e. The first kappa shape index (κ1) is 18.4. The molecule has 0 aromatic heterocycles. The molecule has 0 spiro atoms. The molecule has 1 N–H and O–H groups in total. The van der Waals surface area contributed by atoms with Crippen molar-refractivity contribution in [3.05, 3.63) is 42.5 Å². The number of anilines is 1. The number of benzene rings is 2. The van der Waals surface area contributed by atoms with Gasteiger partial charge in [0.15, 0.2) is 17.6 Å². The lowest BCUT2D eigenvalue weighted by atomic mass is 10.2. The number of para-hydroxylation sites is 2. The largest absolute Gasteiger partial charge is 0.497 e. The number of nitrogens with one attached hydrogen (secondary N) is 1. The number of carbonyl (C=O) groups is 1. The van der Waals surface area contributed by atoms with Crippen molar-refractivity contribution >= 4 is 11.6 Å². The van der Waals surface area contributed by atoms with Gasteiger partial charge in [-0.1, -0.05) is 19.1 Å². The van der Waals surface area contributed by atoms with Crippen LogP contribution in [0.25, 0.3) is 0 Å². The predicted molar refractivity (Wildman–Crippen MR) is 95.9 cm³/mol. The molecule has 0 aliphatic rings. The molecule has 1 amide bonds. The number of amides is 1. The predicted octanol–water partition coefficient (Wildman–Crippen LogP) is 3.51. The zero-order chi connectivity index (χ0) is 18.2. The van der Waals surface area contributed by atoms with E-state index in [2.05, 4.69) is 5.32 Å². The summed E-state index contributed by atoms with van der Waals surface area (Å²) in [5.41, 5.74) is 0.551. The molecule has 0 saturated heterocycles. The van der Waals surface area contributed by atoms with Crippen LogP contribution in [0, 0.1) is 0 Å². The zero-order valence-corrected chi connectivity index (χ0v) is 14.9.